The Bertz CT molecular complexity index is 1810. The fourth-order valence-electron chi connectivity index (χ4n) is 4.63. The van der Waals surface area contributed by atoms with Crippen molar-refractivity contribution < 1.29 is 4.42 Å². The number of furan rings is 1. The van der Waals surface area contributed by atoms with Gasteiger partial charge in [0.1, 0.15) is 11.2 Å². The highest BCUT2D eigenvalue weighted by molar-refractivity contribution is 7.26. The van der Waals surface area contributed by atoms with E-state index in [0.29, 0.717) is 0 Å². The van der Waals surface area contributed by atoms with Crippen LogP contribution in [0.15, 0.2) is 89.5 Å². The molecule has 0 aliphatic heterocycles. The average Bonchev–Trinajstić information content (AvgIpc) is 3.38. The molecule has 0 amide bonds. The summed E-state index contributed by atoms with van der Waals surface area (Å²) in [5, 5.41) is 7.75. The third kappa shape index (κ3) is 2.36. The molecule has 0 N–H and O–H groups in total. The van der Waals surface area contributed by atoms with E-state index in [1.165, 1.54) is 16.2 Å². The zero-order valence-corrected chi connectivity index (χ0v) is 17.8. The Morgan fingerprint density at radius 1 is 0.742 bits per heavy atom. The molecule has 0 spiro atoms. The summed E-state index contributed by atoms with van der Waals surface area (Å²) in [6, 6.07) is 27.1. The average molecular weight is 436 g/mol. The second-order valence-electron chi connectivity index (χ2n) is 7.70. The molecule has 7 aromatic rings. The van der Waals surface area contributed by atoms with E-state index in [4.69, 9.17) is 21.0 Å². The van der Waals surface area contributed by atoms with Crippen molar-refractivity contribution in [3.05, 3.63) is 90.1 Å². The van der Waals surface area contributed by atoms with Crippen LogP contribution in [0.25, 0.3) is 64.1 Å². The Balaban J connectivity index is 1.69. The molecule has 3 heterocycles. The van der Waals surface area contributed by atoms with Crippen LogP contribution in [0.5, 0.6) is 0 Å². The molecule has 0 aliphatic rings. The molecule has 0 bridgehead atoms. The lowest BCUT2D eigenvalue weighted by atomic mass is 9.98. The van der Waals surface area contributed by atoms with Crippen molar-refractivity contribution in [3.8, 4) is 11.3 Å². The SMILES string of the molecule is Clc1cccc2c1sc1c(-c3cc4ccccc4c4c3oc3ccccc34)nccc12. The van der Waals surface area contributed by atoms with Gasteiger partial charge in [0, 0.05) is 33.3 Å². The monoisotopic (exact) mass is 435 g/mol. The van der Waals surface area contributed by atoms with Crippen molar-refractivity contribution >= 4 is 75.8 Å². The van der Waals surface area contributed by atoms with Gasteiger partial charge >= 0.3 is 0 Å². The second-order valence-corrected chi connectivity index (χ2v) is 9.13. The van der Waals surface area contributed by atoms with Crippen molar-refractivity contribution in [1.29, 1.82) is 0 Å². The largest absolute Gasteiger partial charge is 0.455 e. The van der Waals surface area contributed by atoms with Crippen LogP contribution in [0, 0.1) is 0 Å². The van der Waals surface area contributed by atoms with Gasteiger partial charge in [-0.25, -0.2) is 0 Å². The fraction of sp³-hybridized carbons (Fsp3) is 0. The molecule has 0 unspecified atom stereocenters. The number of halogens is 1. The van der Waals surface area contributed by atoms with E-state index in [1.54, 1.807) is 11.3 Å². The van der Waals surface area contributed by atoms with Gasteiger partial charge < -0.3 is 4.42 Å². The number of hydrogen-bond acceptors (Lipinski definition) is 3. The van der Waals surface area contributed by atoms with Gasteiger partial charge in [0.2, 0.25) is 0 Å². The molecule has 4 aromatic carbocycles. The molecule has 0 aliphatic carbocycles. The number of aromatic nitrogens is 1. The van der Waals surface area contributed by atoms with Gasteiger partial charge in [0.25, 0.3) is 0 Å². The molecule has 146 valence electrons. The summed E-state index contributed by atoms with van der Waals surface area (Å²) >= 11 is 8.22. The summed E-state index contributed by atoms with van der Waals surface area (Å²) in [6.07, 6.45) is 1.88. The first kappa shape index (κ1) is 17.3. The van der Waals surface area contributed by atoms with Gasteiger partial charge in [-0.05, 0) is 35.0 Å². The van der Waals surface area contributed by atoms with Gasteiger partial charge in [-0.3, -0.25) is 4.98 Å². The Morgan fingerprint density at radius 2 is 1.52 bits per heavy atom. The molecule has 0 atom stereocenters. The minimum atomic E-state index is 0.775. The number of para-hydroxylation sites is 1. The van der Waals surface area contributed by atoms with E-state index >= 15 is 0 Å². The Kier molecular flexibility index (Phi) is 3.52. The van der Waals surface area contributed by atoms with Crippen LogP contribution in [-0.4, -0.2) is 4.98 Å². The van der Waals surface area contributed by atoms with Crippen molar-refractivity contribution in [2.45, 2.75) is 0 Å². The molecule has 7 rings (SSSR count). The maximum atomic E-state index is 6.52. The summed E-state index contributed by atoms with van der Waals surface area (Å²) < 4.78 is 8.65. The minimum Gasteiger partial charge on any atom is -0.455 e. The number of hydrogen-bond donors (Lipinski definition) is 0. The van der Waals surface area contributed by atoms with Crippen molar-refractivity contribution in [3.63, 3.8) is 0 Å². The van der Waals surface area contributed by atoms with E-state index in [0.717, 1.165) is 53.0 Å². The molecule has 0 saturated carbocycles. The van der Waals surface area contributed by atoms with E-state index in [-0.39, 0.29) is 0 Å². The lowest BCUT2D eigenvalue weighted by Gasteiger charge is -2.07. The van der Waals surface area contributed by atoms with E-state index in [9.17, 15) is 0 Å². The summed E-state index contributed by atoms with van der Waals surface area (Å²) in [6.45, 7) is 0. The first-order valence-electron chi connectivity index (χ1n) is 10.1. The first-order valence-corrected chi connectivity index (χ1v) is 11.3. The fourth-order valence-corrected chi connectivity index (χ4v) is 6.13. The maximum Gasteiger partial charge on any atom is 0.145 e. The van der Waals surface area contributed by atoms with Crippen molar-refractivity contribution in [1.82, 2.24) is 4.98 Å². The predicted octanol–water partition coefficient (Wildman–Crippen LogP) is 8.82. The number of nitrogens with zero attached hydrogens (tertiary/aromatic N) is 1. The van der Waals surface area contributed by atoms with Gasteiger partial charge in [0.15, 0.2) is 0 Å². The minimum absolute atomic E-state index is 0.775. The Morgan fingerprint density at radius 3 is 2.45 bits per heavy atom. The Labute approximate surface area is 186 Å². The van der Waals surface area contributed by atoms with Crippen LogP contribution in [0.2, 0.25) is 5.02 Å². The van der Waals surface area contributed by atoms with Crippen LogP contribution in [0.4, 0.5) is 0 Å². The lowest BCUT2D eigenvalue weighted by Crippen LogP contribution is -1.86. The van der Waals surface area contributed by atoms with E-state index in [2.05, 4.69) is 54.6 Å². The van der Waals surface area contributed by atoms with Crippen molar-refractivity contribution in [2.24, 2.45) is 0 Å². The highest BCUT2D eigenvalue weighted by atomic mass is 35.5. The first-order chi connectivity index (χ1) is 15.3. The van der Waals surface area contributed by atoms with Crippen LogP contribution >= 0.6 is 22.9 Å². The van der Waals surface area contributed by atoms with E-state index in [1.807, 2.05) is 30.5 Å². The van der Waals surface area contributed by atoms with E-state index < -0.39 is 0 Å². The number of fused-ring (bicyclic) bond motifs is 8. The Hall–Kier alpha value is -3.40. The summed E-state index contributed by atoms with van der Waals surface area (Å²) in [5.74, 6) is 0. The standard InChI is InChI=1S/C27H14ClNOS/c28-21-10-5-9-17-18-12-13-29-24(27(18)31-26(17)21)20-14-15-6-1-2-7-16(15)23-19-8-3-4-11-22(19)30-25(20)23/h1-14H. The number of thiophene rings is 1. The van der Waals surface area contributed by atoms with Crippen LogP contribution in [0.3, 0.4) is 0 Å². The molecule has 2 nitrogen and oxygen atoms in total. The molecule has 3 aromatic heterocycles. The molecule has 0 saturated heterocycles. The molecular weight excluding hydrogens is 422 g/mol. The quantitative estimate of drug-likeness (QED) is 0.257. The molecule has 0 radical (unpaired) electrons. The van der Waals surface area contributed by atoms with Crippen LogP contribution in [-0.2, 0) is 0 Å². The topological polar surface area (TPSA) is 26.0 Å². The lowest BCUT2D eigenvalue weighted by molar-refractivity contribution is 0.670. The van der Waals surface area contributed by atoms with Gasteiger partial charge in [-0.1, -0.05) is 66.2 Å². The molecule has 0 fully saturated rings. The third-order valence-electron chi connectivity index (χ3n) is 5.99. The normalized spacial score (nSPS) is 12.0. The zero-order chi connectivity index (χ0) is 20.5. The van der Waals surface area contributed by atoms with Gasteiger partial charge in [0.05, 0.1) is 20.1 Å². The van der Waals surface area contributed by atoms with Crippen LogP contribution < -0.4 is 0 Å². The highest BCUT2D eigenvalue weighted by Gasteiger charge is 2.20. The van der Waals surface area contributed by atoms with Crippen LogP contribution in [0.1, 0.15) is 0 Å². The maximum absolute atomic E-state index is 6.52. The second kappa shape index (κ2) is 6.30. The van der Waals surface area contributed by atoms with Crippen molar-refractivity contribution in [2.75, 3.05) is 0 Å². The highest BCUT2D eigenvalue weighted by Crippen LogP contribution is 2.45. The summed E-state index contributed by atoms with van der Waals surface area (Å²) in [4.78, 5) is 4.84. The van der Waals surface area contributed by atoms with Gasteiger partial charge in [-0.15, -0.1) is 11.3 Å². The van der Waals surface area contributed by atoms with Gasteiger partial charge in [-0.2, -0.15) is 0 Å². The third-order valence-corrected chi connectivity index (χ3v) is 7.68. The summed E-state index contributed by atoms with van der Waals surface area (Å²) in [5.41, 5.74) is 3.72. The predicted molar refractivity (Wildman–Crippen MR) is 132 cm³/mol. The molecular formula is C27H14ClNOS. The molecule has 31 heavy (non-hydrogen) atoms. The zero-order valence-electron chi connectivity index (χ0n) is 16.2. The number of benzene rings is 4. The smallest absolute Gasteiger partial charge is 0.145 e. The number of rotatable bonds is 1. The molecule has 4 heteroatoms. The summed E-state index contributed by atoms with van der Waals surface area (Å²) in [7, 11) is 0. The number of pyridine rings is 1.